The van der Waals surface area contributed by atoms with E-state index < -0.39 is 0 Å². The SMILES string of the molecule is Cc1c(CNCCC(C)O)cc(C#N)n1C. The summed E-state index contributed by atoms with van der Waals surface area (Å²) in [6.45, 7) is 5.32. The topological polar surface area (TPSA) is 61.0 Å². The molecule has 16 heavy (non-hydrogen) atoms. The second kappa shape index (κ2) is 5.69. The zero-order valence-corrected chi connectivity index (χ0v) is 10.1. The number of aliphatic hydroxyl groups excluding tert-OH is 1. The first kappa shape index (κ1) is 12.8. The summed E-state index contributed by atoms with van der Waals surface area (Å²) >= 11 is 0. The van der Waals surface area contributed by atoms with Crippen LogP contribution in [0.15, 0.2) is 6.07 Å². The van der Waals surface area contributed by atoms with Crippen LogP contribution < -0.4 is 5.32 Å². The summed E-state index contributed by atoms with van der Waals surface area (Å²) in [7, 11) is 1.90. The molecule has 4 heteroatoms. The highest BCUT2D eigenvalue weighted by Crippen LogP contribution is 2.12. The molecule has 1 heterocycles. The number of nitrogens with one attached hydrogen (secondary N) is 1. The Morgan fingerprint density at radius 3 is 2.81 bits per heavy atom. The molecule has 0 fully saturated rings. The number of hydrogen-bond acceptors (Lipinski definition) is 3. The van der Waals surface area contributed by atoms with Crippen LogP contribution >= 0.6 is 0 Å². The summed E-state index contributed by atoms with van der Waals surface area (Å²) in [6, 6.07) is 4.07. The molecule has 0 radical (unpaired) electrons. The molecule has 88 valence electrons. The van der Waals surface area contributed by atoms with Crippen LogP contribution in [0.1, 0.15) is 30.3 Å². The molecule has 0 bridgehead atoms. The number of aromatic nitrogens is 1. The fraction of sp³-hybridized carbons (Fsp3) is 0.583. The van der Waals surface area contributed by atoms with Gasteiger partial charge < -0.3 is 15.0 Å². The summed E-state index contributed by atoms with van der Waals surface area (Å²) < 4.78 is 1.89. The maximum Gasteiger partial charge on any atom is 0.120 e. The van der Waals surface area contributed by atoms with Crippen LogP contribution in [-0.4, -0.2) is 22.3 Å². The molecule has 2 N–H and O–H groups in total. The summed E-state index contributed by atoms with van der Waals surface area (Å²) in [5, 5.41) is 21.2. The van der Waals surface area contributed by atoms with Crippen LogP contribution in [0.4, 0.5) is 0 Å². The second-order valence-corrected chi connectivity index (χ2v) is 4.13. The van der Waals surface area contributed by atoms with Crippen LogP contribution in [0.5, 0.6) is 0 Å². The quantitative estimate of drug-likeness (QED) is 0.731. The third-order valence-electron chi connectivity index (χ3n) is 2.81. The maximum absolute atomic E-state index is 9.10. The maximum atomic E-state index is 9.10. The first-order chi connectivity index (χ1) is 7.56. The van der Waals surface area contributed by atoms with Crippen LogP contribution in [0.25, 0.3) is 0 Å². The van der Waals surface area contributed by atoms with Crippen molar-refractivity contribution in [3.05, 3.63) is 23.0 Å². The van der Waals surface area contributed by atoms with Crippen molar-refractivity contribution in [2.24, 2.45) is 7.05 Å². The standard InChI is InChI=1S/C12H19N3O/c1-9(16)4-5-14-8-11-6-12(7-13)15(3)10(11)2/h6,9,14,16H,4-5,8H2,1-3H3. The minimum absolute atomic E-state index is 0.265. The largest absolute Gasteiger partial charge is 0.393 e. The summed E-state index contributed by atoms with van der Waals surface area (Å²) in [5.74, 6) is 0. The average molecular weight is 221 g/mol. The Morgan fingerprint density at radius 1 is 1.62 bits per heavy atom. The lowest BCUT2D eigenvalue weighted by Gasteiger charge is -2.06. The number of rotatable bonds is 5. The van der Waals surface area contributed by atoms with Gasteiger partial charge in [-0.05, 0) is 38.4 Å². The van der Waals surface area contributed by atoms with E-state index in [0.717, 1.165) is 30.8 Å². The minimum Gasteiger partial charge on any atom is -0.393 e. The third kappa shape index (κ3) is 3.09. The van der Waals surface area contributed by atoms with E-state index in [4.69, 9.17) is 10.4 Å². The molecule has 0 spiro atoms. The van der Waals surface area contributed by atoms with Gasteiger partial charge in [0.15, 0.2) is 0 Å². The molecule has 0 saturated heterocycles. The summed E-state index contributed by atoms with van der Waals surface area (Å²) in [4.78, 5) is 0. The fourth-order valence-corrected chi connectivity index (χ4v) is 1.58. The smallest absolute Gasteiger partial charge is 0.120 e. The number of nitrogens with zero attached hydrogens (tertiary/aromatic N) is 2. The highest BCUT2D eigenvalue weighted by molar-refractivity contribution is 5.33. The molecular weight excluding hydrogens is 202 g/mol. The Kier molecular flexibility index (Phi) is 4.53. The lowest BCUT2D eigenvalue weighted by atomic mass is 10.2. The Bertz CT molecular complexity index is 388. The highest BCUT2D eigenvalue weighted by atomic mass is 16.3. The number of hydrogen-bond donors (Lipinski definition) is 2. The fourth-order valence-electron chi connectivity index (χ4n) is 1.58. The lowest BCUT2D eigenvalue weighted by Crippen LogP contribution is -2.18. The molecule has 4 nitrogen and oxygen atoms in total. The van der Waals surface area contributed by atoms with Crippen molar-refractivity contribution in [2.45, 2.75) is 32.9 Å². The van der Waals surface area contributed by atoms with Gasteiger partial charge in [-0.3, -0.25) is 0 Å². The van der Waals surface area contributed by atoms with E-state index in [9.17, 15) is 0 Å². The zero-order valence-electron chi connectivity index (χ0n) is 10.1. The molecule has 1 unspecified atom stereocenters. The van der Waals surface area contributed by atoms with Crippen LogP contribution in [0.2, 0.25) is 0 Å². The van der Waals surface area contributed by atoms with Crippen molar-refractivity contribution < 1.29 is 5.11 Å². The van der Waals surface area contributed by atoms with E-state index in [-0.39, 0.29) is 6.10 Å². The predicted octanol–water partition coefficient (Wildman–Crippen LogP) is 1.07. The van der Waals surface area contributed by atoms with Crippen LogP contribution in [0, 0.1) is 18.3 Å². The van der Waals surface area contributed by atoms with Crippen molar-refractivity contribution in [3.8, 4) is 6.07 Å². The van der Waals surface area contributed by atoms with E-state index >= 15 is 0 Å². The van der Waals surface area contributed by atoms with E-state index in [2.05, 4.69) is 11.4 Å². The molecule has 1 atom stereocenters. The van der Waals surface area contributed by atoms with Gasteiger partial charge in [-0.15, -0.1) is 0 Å². The van der Waals surface area contributed by atoms with E-state index in [0.29, 0.717) is 5.69 Å². The minimum atomic E-state index is -0.265. The van der Waals surface area contributed by atoms with Gasteiger partial charge in [-0.2, -0.15) is 5.26 Å². The molecule has 1 aromatic rings. The predicted molar refractivity (Wildman–Crippen MR) is 62.9 cm³/mol. The van der Waals surface area contributed by atoms with Gasteiger partial charge in [0.05, 0.1) is 6.10 Å². The molecule has 0 aliphatic rings. The Hall–Kier alpha value is -1.31. The van der Waals surface area contributed by atoms with Crippen molar-refractivity contribution in [1.82, 2.24) is 9.88 Å². The third-order valence-corrected chi connectivity index (χ3v) is 2.81. The zero-order chi connectivity index (χ0) is 12.1. The van der Waals surface area contributed by atoms with Gasteiger partial charge >= 0.3 is 0 Å². The molecule has 0 aromatic carbocycles. The first-order valence-electron chi connectivity index (χ1n) is 5.50. The van der Waals surface area contributed by atoms with Crippen molar-refractivity contribution in [2.75, 3.05) is 6.54 Å². The van der Waals surface area contributed by atoms with Gasteiger partial charge in [-0.1, -0.05) is 0 Å². The van der Waals surface area contributed by atoms with E-state index in [1.807, 2.05) is 24.6 Å². The summed E-state index contributed by atoms with van der Waals surface area (Å²) in [5.41, 5.74) is 2.94. The number of aliphatic hydroxyl groups is 1. The van der Waals surface area contributed by atoms with Crippen molar-refractivity contribution >= 4 is 0 Å². The second-order valence-electron chi connectivity index (χ2n) is 4.13. The normalized spacial score (nSPS) is 12.4. The molecule has 0 aliphatic carbocycles. The molecule has 0 amide bonds. The van der Waals surface area contributed by atoms with Gasteiger partial charge in [0, 0.05) is 19.3 Å². The van der Waals surface area contributed by atoms with Crippen LogP contribution in [-0.2, 0) is 13.6 Å². The van der Waals surface area contributed by atoms with Crippen molar-refractivity contribution in [3.63, 3.8) is 0 Å². The Morgan fingerprint density at radius 2 is 2.31 bits per heavy atom. The molecule has 0 aliphatic heterocycles. The van der Waals surface area contributed by atoms with Gasteiger partial charge in [0.2, 0.25) is 0 Å². The van der Waals surface area contributed by atoms with E-state index in [1.165, 1.54) is 0 Å². The van der Waals surface area contributed by atoms with Gasteiger partial charge in [-0.25, -0.2) is 0 Å². The highest BCUT2D eigenvalue weighted by Gasteiger charge is 2.07. The van der Waals surface area contributed by atoms with Crippen molar-refractivity contribution in [1.29, 1.82) is 5.26 Å². The van der Waals surface area contributed by atoms with Gasteiger partial charge in [0.25, 0.3) is 0 Å². The van der Waals surface area contributed by atoms with Gasteiger partial charge in [0.1, 0.15) is 11.8 Å². The molecule has 1 aromatic heterocycles. The summed E-state index contributed by atoms with van der Waals surface area (Å²) in [6.07, 6.45) is 0.482. The van der Waals surface area contributed by atoms with Crippen LogP contribution in [0.3, 0.4) is 0 Å². The Labute approximate surface area is 96.5 Å². The number of nitriles is 1. The lowest BCUT2D eigenvalue weighted by molar-refractivity contribution is 0.183. The van der Waals surface area contributed by atoms with E-state index in [1.54, 1.807) is 6.92 Å². The molecule has 0 saturated carbocycles. The first-order valence-corrected chi connectivity index (χ1v) is 5.50. The Balaban J connectivity index is 2.52. The average Bonchev–Trinajstić information content (AvgIpc) is 2.51. The molecule has 1 rings (SSSR count). The molecular formula is C12H19N3O. The monoisotopic (exact) mass is 221 g/mol.